The van der Waals surface area contributed by atoms with Gasteiger partial charge in [-0.3, -0.25) is 4.79 Å². The number of hydrogen-bond donors (Lipinski definition) is 3. The Kier molecular flexibility index (Phi) is 4.23. The van der Waals surface area contributed by atoms with Gasteiger partial charge in [0.2, 0.25) is 5.91 Å². The minimum atomic E-state index is -0.105. The van der Waals surface area contributed by atoms with Crippen molar-refractivity contribution in [3.63, 3.8) is 0 Å². The first-order valence-electron chi connectivity index (χ1n) is 8.56. The van der Waals surface area contributed by atoms with E-state index in [1.807, 2.05) is 12.1 Å². The largest absolute Gasteiger partial charge is 0.396 e. The number of carbonyl (C=O) groups is 1. The average molecular weight is 316 g/mol. The molecule has 2 aliphatic carbocycles. The van der Waals surface area contributed by atoms with Gasteiger partial charge in [-0.25, -0.2) is 0 Å². The van der Waals surface area contributed by atoms with E-state index in [2.05, 4.69) is 31.3 Å². The molecule has 0 aliphatic heterocycles. The van der Waals surface area contributed by atoms with Gasteiger partial charge in [0.1, 0.15) is 0 Å². The molecule has 23 heavy (non-hydrogen) atoms. The van der Waals surface area contributed by atoms with Gasteiger partial charge in [-0.15, -0.1) is 0 Å². The van der Waals surface area contributed by atoms with Crippen molar-refractivity contribution >= 4 is 5.91 Å². The quantitative estimate of drug-likeness (QED) is 0.753. The third-order valence-electron chi connectivity index (χ3n) is 5.45. The number of nitrogens with two attached hydrogens (primary N) is 1. The average Bonchev–Trinajstić information content (AvgIpc) is 3.31. The second-order valence-corrected chi connectivity index (χ2v) is 8.29. The molecule has 1 aromatic carbocycles. The number of benzene rings is 1. The fourth-order valence-electron chi connectivity index (χ4n) is 4.43. The van der Waals surface area contributed by atoms with Crippen LogP contribution in [0.15, 0.2) is 24.3 Å². The third kappa shape index (κ3) is 3.43. The summed E-state index contributed by atoms with van der Waals surface area (Å²) in [6.45, 7) is 5.73. The predicted molar refractivity (Wildman–Crippen MR) is 90.7 cm³/mol. The SMILES string of the molecule is CC1(C)CC(CO)(CNC(=O)[C@@H]2C[C@H]2c2ccc(CN)cc2)C1. The molecule has 3 rings (SSSR count). The molecule has 0 unspecified atom stereocenters. The van der Waals surface area contributed by atoms with Crippen molar-refractivity contribution in [1.82, 2.24) is 5.32 Å². The van der Waals surface area contributed by atoms with Crippen LogP contribution in [0.3, 0.4) is 0 Å². The molecule has 0 radical (unpaired) electrons. The summed E-state index contributed by atoms with van der Waals surface area (Å²) in [4.78, 5) is 12.4. The zero-order valence-corrected chi connectivity index (χ0v) is 14.1. The second kappa shape index (κ2) is 5.91. The molecule has 1 amide bonds. The lowest BCUT2D eigenvalue weighted by Crippen LogP contribution is -2.52. The van der Waals surface area contributed by atoms with Crippen molar-refractivity contribution in [2.75, 3.05) is 13.2 Å². The highest BCUT2D eigenvalue weighted by Crippen LogP contribution is 2.53. The van der Waals surface area contributed by atoms with E-state index in [4.69, 9.17) is 5.73 Å². The molecule has 4 nitrogen and oxygen atoms in total. The van der Waals surface area contributed by atoms with Crippen LogP contribution in [0.5, 0.6) is 0 Å². The van der Waals surface area contributed by atoms with Crippen LogP contribution in [0.2, 0.25) is 0 Å². The van der Waals surface area contributed by atoms with E-state index in [0.29, 0.717) is 24.4 Å². The zero-order valence-electron chi connectivity index (χ0n) is 14.1. The van der Waals surface area contributed by atoms with Gasteiger partial charge < -0.3 is 16.2 Å². The van der Waals surface area contributed by atoms with Crippen LogP contribution >= 0.6 is 0 Å². The molecule has 2 saturated carbocycles. The van der Waals surface area contributed by atoms with E-state index >= 15 is 0 Å². The normalized spacial score (nSPS) is 27.1. The highest BCUT2D eigenvalue weighted by molar-refractivity contribution is 5.82. The highest BCUT2D eigenvalue weighted by Gasteiger charge is 2.50. The smallest absolute Gasteiger partial charge is 0.223 e. The second-order valence-electron chi connectivity index (χ2n) is 8.29. The minimum Gasteiger partial charge on any atom is -0.396 e. The Morgan fingerprint density at radius 2 is 1.96 bits per heavy atom. The van der Waals surface area contributed by atoms with E-state index in [0.717, 1.165) is 24.8 Å². The summed E-state index contributed by atoms with van der Waals surface area (Å²) in [5.41, 5.74) is 8.15. The van der Waals surface area contributed by atoms with Crippen molar-refractivity contribution in [3.8, 4) is 0 Å². The Morgan fingerprint density at radius 3 is 2.48 bits per heavy atom. The van der Waals surface area contributed by atoms with Gasteiger partial charge in [0.15, 0.2) is 0 Å². The van der Waals surface area contributed by atoms with Gasteiger partial charge in [0.25, 0.3) is 0 Å². The number of aliphatic hydroxyl groups excluding tert-OH is 1. The standard InChI is InChI=1S/C19H28N2O2/c1-18(2)9-19(10-18,12-22)11-21-17(23)16-7-15(16)14-5-3-13(8-20)4-6-14/h3-6,15-16,22H,7-12,20H2,1-2H3,(H,21,23)/t15-,16+/m0/s1. The van der Waals surface area contributed by atoms with Crippen LogP contribution in [0.25, 0.3) is 0 Å². The van der Waals surface area contributed by atoms with Crippen LogP contribution in [0.4, 0.5) is 0 Å². The van der Waals surface area contributed by atoms with E-state index in [9.17, 15) is 9.90 Å². The Bertz CT molecular complexity index is 572. The molecule has 1 aromatic rings. The third-order valence-corrected chi connectivity index (χ3v) is 5.45. The molecule has 0 saturated heterocycles. The molecule has 0 heterocycles. The molecule has 2 fully saturated rings. The van der Waals surface area contributed by atoms with Crippen molar-refractivity contribution in [2.45, 2.75) is 45.6 Å². The maximum absolute atomic E-state index is 12.4. The van der Waals surface area contributed by atoms with Gasteiger partial charge in [-0.1, -0.05) is 38.1 Å². The lowest BCUT2D eigenvalue weighted by atomic mass is 9.54. The lowest BCUT2D eigenvalue weighted by Gasteiger charge is -2.52. The molecule has 4 heteroatoms. The summed E-state index contributed by atoms with van der Waals surface area (Å²) in [6.07, 6.45) is 2.88. The first kappa shape index (κ1) is 16.5. The van der Waals surface area contributed by atoms with E-state index in [1.165, 1.54) is 5.56 Å². The first-order chi connectivity index (χ1) is 10.9. The van der Waals surface area contributed by atoms with Crippen LogP contribution in [-0.4, -0.2) is 24.2 Å². The Balaban J connectivity index is 1.50. The number of aliphatic hydroxyl groups is 1. The number of amides is 1. The molecule has 0 aromatic heterocycles. The Morgan fingerprint density at radius 1 is 1.30 bits per heavy atom. The Hall–Kier alpha value is -1.39. The fraction of sp³-hybridized carbons (Fsp3) is 0.632. The number of carbonyl (C=O) groups excluding carboxylic acids is 1. The van der Waals surface area contributed by atoms with Crippen molar-refractivity contribution < 1.29 is 9.90 Å². The van der Waals surface area contributed by atoms with Gasteiger partial charge in [-0.05, 0) is 41.7 Å². The van der Waals surface area contributed by atoms with Crippen molar-refractivity contribution in [1.29, 1.82) is 0 Å². The maximum Gasteiger partial charge on any atom is 0.223 e. The van der Waals surface area contributed by atoms with Crippen molar-refractivity contribution in [2.24, 2.45) is 22.5 Å². The van der Waals surface area contributed by atoms with Crippen LogP contribution < -0.4 is 11.1 Å². The molecule has 4 N–H and O–H groups in total. The topological polar surface area (TPSA) is 75.3 Å². The maximum atomic E-state index is 12.4. The molecule has 2 aliphatic rings. The van der Waals surface area contributed by atoms with Crippen LogP contribution in [0.1, 0.15) is 50.2 Å². The van der Waals surface area contributed by atoms with Crippen LogP contribution in [-0.2, 0) is 11.3 Å². The van der Waals surface area contributed by atoms with Crippen LogP contribution in [0, 0.1) is 16.7 Å². The first-order valence-corrected chi connectivity index (χ1v) is 8.56. The fourth-order valence-corrected chi connectivity index (χ4v) is 4.43. The van der Waals surface area contributed by atoms with E-state index < -0.39 is 0 Å². The summed E-state index contributed by atoms with van der Waals surface area (Å²) in [7, 11) is 0. The lowest BCUT2D eigenvalue weighted by molar-refractivity contribution is -0.125. The number of hydrogen-bond acceptors (Lipinski definition) is 3. The molecule has 0 spiro atoms. The summed E-state index contributed by atoms with van der Waals surface area (Å²) in [5, 5.41) is 12.7. The number of rotatable bonds is 6. The molecular weight excluding hydrogens is 288 g/mol. The monoisotopic (exact) mass is 316 g/mol. The van der Waals surface area contributed by atoms with Gasteiger partial charge in [0, 0.05) is 24.4 Å². The predicted octanol–water partition coefficient (Wildman–Crippen LogP) is 2.16. The van der Waals surface area contributed by atoms with E-state index in [1.54, 1.807) is 0 Å². The number of nitrogens with one attached hydrogen (secondary N) is 1. The molecule has 126 valence electrons. The molecule has 0 bridgehead atoms. The summed E-state index contributed by atoms with van der Waals surface area (Å²) >= 11 is 0. The zero-order chi connectivity index (χ0) is 16.7. The summed E-state index contributed by atoms with van der Waals surface area (Å²) < 4.78 is 0. The highest BCUT2D eigenvalue weighted by atomic mass is 16.3. The van der Waals surface area contributed by atoms with Gasteiger partial charge in [0.05, 0.1) is 6.61 Å². The summed E-state index contributed by atoms with van der Waals surface area (Å²) in [5.74, 6) is 0.558. The minimum absolute atomic E-state index is 0.0857. The van der Waals surface area contributed by atoms with Gasteiger partial charge in [-0.2, -0.15) is 0 Å². The van der Waals surface area contributed by atoms with Crippen molar-refractivity contribution in [3.05, 3.63) is 35.4 Å². The molecule has 2 atom stereocenters. The van der Waals surface area contributed by atoms with E-state index in [-0.39, 0.29) is 23.8 Å². The van der Waals surface area contributed by atoms with Gasteiger partial charge >= 0.3 is 0 Å². The Labute approximate surface area is 138 Å². The molecular formula is C19H28N2O2. The summed E-state index contributed by atoms with van der Waals surface area (Å²) in [6, 6.07) is 8.26.